The van der Waals surface area contributed by atoms with Gasteiger partial charge in [-0.1, -0.05) is 45.0 Å². The standard InChI is InChI=1S/C17H26N2O3/c1-17(2,3)14-12-7-5-4-6-11(12)13(8-10(20)9-18)15(14)19-16(21)22/h4-7,10,13-15,19-20H,8-9,18H2,1-3H3,(H,21,22). The average Bonchev–Trinajstić information content (AvgIpc) is 2.72. The molecule has 5 heteroatoms. The van der Waals surface area contributed by atoms with Gasteiger partial charge in [0, 0.05) is 24.4 Å². The van der Waals surface area contributed by atoms with Gasteiger partial charge in [0.1, 0.15) is 0 Å². The van der Waals surface area contributed by atoms with Crippen molar-refractivity contribution in [3.8, 4) is 0 Å². The number of nitrogens with two attached hydrogens (primary N) is 1. The van der Waals surface area contributed by atoms with E-state index < -0.39 is 12.2 Å². The molecule has 1 aliphatic rings. The second-order valence-corrected chi connectivity index (χ2v) is 7.18. The lowest BCUT2D eigenvalue weighted by atomic mass is 9.74. The average molecular weight is 306 g/mol. The van der Waals surface area contributed by atoms with Crippen LogP contribution in [0.1, 0.15) is 50.2 Å². The molecule has 0 radical (unpaired) electrons. The van der Waals surface area contributed by atoms with Crippen molar-refractivity contribution in [1.29, 1.82) is 0 Å². The lowest BCUT2D eigenvalue weighted by Crippen LogP contribution is -2.44. The van der Waals surface area contributed by atoms with E-state index in [-0.39, 0.29) is 29.8 Å². The van der Waals surface area contributed by atoms with Crippen LogP contribution in [0.2, 0.25) is 0 Å². The Morgan fingerprint density at radius 3 is 2.41 bits per heavy atom. The van der Waals surface area contributed by atoms with Gasteiger partial charge in [0.15, 0.2) is 0 Å². The zero-order valence-electron chi connectivity index (χ0n) is 13.4. The molecular formula is C17H26N2O3. The Morgan fingerprint density at radius 1 is 1.32 bits per heavy atom. The monoisotopic (exact) mass is 306 g/mol. The number of rotatable bonds is 4. The zero-order chi connectivity index (χ0) is 16.5. The van der Waals surface area contributed by atoms with Gasteiger partial charge in [0.05, 0.1) is 6.10 Å². The number of benzene rings is 1. The summed E-state index contributed by atoms with van der Waals surface area (Å²) in [6.07, 6.45) is -1.19. The summed E-state index contributed by atoms with van der Waals surface area (Å²) in [5, 5.41) is 21.9. The van der Waals surface area contributed by atoms with Crippen molar-refractivity contribution < 1.29 is 15.0 Å². The molecule has 1 aromatic rings. The molecule has 1 aliphatic carbocycles. The van der Waals surface area contributed by atoms with Gasteiger partial charge in [-0.3, -0.25) is 0 Å². The summed E-state index contributed by atoms with van der Waals surface area (Å²) in [6, 6.07) is 7.79. The van der Waals surface area contributed by atoms with Crippen LogP contribution >= 0.6 is 0 Å². The normalized spacial score (nSPS) is 25.6. The van der Waals surface area contributed by atoms with Crippen LogP contribution < -0.4 is 11.1 Å². The van der Waals surface area contributed by atoms with Crippen molar-refractivity contribution in [1.82, 2.24) is 5.32 Å². The van der Waals surface area contributed by atoms with Crippen molar-refractivity contribution in [3.05, 3.63) is 35.4 Å². The molecule has 122 valence electrons. The number of amides is 1. The summed E-state index contributed by atoms with van der Waals surface area (Å²) >= 11 is 0. The van der Waals surface area contributed by atoms with E-state index in [1.54, 1.807) is 0 Å². The molecule has 0 aromatic heterocycles. The van der Waals surface area contributed by atoms with Gasteiger partial charge in [0.25, 0.3) is 0 Å². The van der Waals surface area contributed by atoms with E-state index in [1.165, 1.54) is 5.56 Å². The first-order valence-electron chi connectivity index (χ1n) is 7.72. The first-order chi connectivity index (χ1) is 10.3. The van der Waals surface area contributed by atoms with E-state index >= 15 is 0 Å². The SMILES string of the molecule is CC(C)(C)C1c2ccccc2C(CC(O)CN)C1NC(=O)O. The van der Waals surface area contributed by atoms with Crippen LogP contribution in [0.25, 0.3) is 0 Å². The van der Waals surface area contributed by atoms with E-state index in [2.05, 4.69) is 32.2 Å². The first-order valence-corrected chi connectivity index (χ1v) is 7.72. The number of nitrogens with one attached hydrogen (secondary N) is 1. The van der Waals surface area contributed by atoms with Gasteiger partial charge in [-0.25, -0.2) is 4.79 Å². The van der Waals surface area contributed by atoms with Gasteiger partial charge in [-0.15, -0.1) is 0 Å². The number of hydrogen-bond donors (Lipinski definition) is 4. The molecule has 0 heterocycles. The molecule has 0 fully saturated rings. The minimum Gasteiger partial charge on any atom is -0.465 e. The summed E-state index contributed by atoms with van der Waals surface area (Å²) in [4.78, 5) is 11.3. The number of aliphatic hydroxyl groups is 1. The topological polar surface area (TPSA) is 95.6 Å². The number of carboxylic acid groups (broad SMARTS) is 1. The minimum atomic E-state index is -1.03. The van der Waals surface area contributed by atoms with Crippen molar-refractivity contribution >= 4 is 6.09 Å². The third kappa shape index (κ3) is 3.25. The minimum absolute atomic E-state index is 0.0601. The maximum Gasteiger partial charge on any atom is 0.404 e. The zero-order valence-corrected chi connectivity index (χ0v) is 13.4. The predicted molar refractivity (Wildman–Crippen MR) is 86.0 cm³/mol. The lowest BCUT2D eigenvalue weighted by Gasteiger charge is -2.35. The molecule has 0 bridgehead atoms. The Bertz CT molecular complexity index is 539. The van der Waals surface area contributed by atoms with Crippen LogP contribution in [-0.4, -0.2) is 35.0 Å². The largest absolute Gasteiger partial charge is 0.465 e. The molecule has 0 saturated heterocycles. The second kappa shape index (κ2) is 6.26. The van der Waals surface area contributed by atoms with E-state index in [9.17, 15) is 15.0 Å². The van der Waals surface area contributed by atoms with E-state index in [1.807, 2.05) is 18.2 Å². The molecule has 0 spiro atoms. The predicted octanol–water partition coefficient (Wildman–Crippen LogP) is 2.26. The highest BCUT2D eigenvalue weighted by molar-refractivity contribution is 5.66. The van der Waals surface area contributed by atoms with Crippen molar-refractivity contribution in [2.45, 2.75) is 51.2 Å². The van der Waals surface area contributed by atoms with Crippen molar-refractivity contribution in [3.63, 3.8) is 0 Å². The third-order valence-electron chi connectivity index (χ3n) is 4.54. The smallest absolute Gasteiger partial charge is 0.404 e. The summed E-state index contributed by atoms with van der Waals surface area (Å²) in [6.45, 7) is 6.53. The second-order valence-electron chi connectivity index (χ2n) is 7.18. The molecule has 4 unspecified atom stereocenters. The van der Waals surface area contributed by atoms with Gasteiger partial charge in [-0.2, -0.15) is 0 Å². The fourth-order valence-corrected chi connectivity index (χ4v) is 3.75. The van der Waals surface area contributed by atoms with Crippen LogP contribution in [0.5, 0.6) is 0 Å². The van der Waals surface area contributed by atoms with Crippen LogP contribution in [0.15, 0.2) is 24.3 Å². The van der Waals surface area contributed by atoms with E-state index in [0.29, 0.717) is 6.42 Å². The molecule has 5 nitrogen and oxygen atoms in total. The fourth-order valence-electron chi connectivity index (χ4n) is 3.75. The van der Waals surface area contributed by atoms with Crippen LogP contribution in [-0.2, 0) is 0 Å². The van der Waals surface area contributed by atoms with Gasteiger partial charge >= 0.3 is 6.09 Å². The molecule has 4 atom stereocenters. The summed E-state index contributed by atoms with van der Waals surface area (Å²) in [5.41, 5.74) is 7.75. The van der Waals surface area contributed by atoms with Gasteiger partial charge in [0.2, 0.25) is 0 Å². The van der Waals surface area contributed by atoms with E-state index in [0.717, 1.165) is 5.56 Å². The van der Waals surface area contributed by atoms with Crippen LogP contribution in [0.4, 0.5) is 4.79 Å². The molecule has 0 aliphatic heterocycles. The fraction of sp³-hybridized carbons (Fsp3) is 0.588. The number of carbonyl (C=O) groups is 1. The highest BCUT2D eigenvalue weighted by Crippen LogP contribution is 2.51. The maximum atomic E-state index is 11.3. The molecule has 2 rings (SSSR count). The van der Waals surface area contributed by atoms with Gasteiger partial charge in [-0.05, 0) is 23.0 Å². The van der Waals surface area contributed by atoms with Crippen molar-refractivity contribution in [2.24, 2.45) is 11.1 Å². The summed E-state index contributed by atoms with van der Waals surface area (Å²) in [7, 11) is 0. The molecule has 1 amide bonds. The maximum absolute atomic E-state index is 11.3. The number of fused-ring (bicyclic) bond motifs is 1. The molecule has 0 saturated carbocycles. The Labute approximate surface area is 131 Å². The Hall–Kier alpha value is -1.59. The molecule has 1 aromatic carbocycles. The third-order valence-corrected chi connectivity index (χ3v) is 4.54. The number of aliphatic hydroxyl groups excluding tert-OH is 1. The van der Waals surface area contributed by atoms with Crippen LogP contribution in [0, 0.1) is 5.41 Å². The quantitative estimate of drug-likeness (QED) is 0.686. The lowest BCUT2D eigenvalue weighted by molar-refractivity contribution is 0.142. The van der Waals surface area contributed by atoms with E-state index in [4.69, 9.17) is 5.73 Å². The summed E-state index contributed by atoms with van der Waals surface area (Å²) in [5.74, 6) is 0.00449. The Morgan fingerprint density at radius 2 is 1.91 bits per heavy atom. The molecular weight excluding hydrogens is 280 g/mol. The highest BCUT2D eigenvalue weighted by Gasteiger charge is 2.46. The van der Waals surface area contributed by atoms with Gasteiger partial charge < -0.3 is 21.3 Å². The first kappa shape index (κ1) is 16.8. The molecule has 22 heavy (non-hydrogen) atoms. The number of hydrogen-bond acceptors (Lipinski definition) is 3. The Balaban J connectivity index is 2.47. The highest BCUT2D eigenvalue weighted by atomic mass is 16.4. The van der Waals surface area contributed by atoms with Crippen LogP contribution in [0.3, 0.4) is 0 Å². The Kier molecular flexibility index (Phi) is 4.78. The summed E-state index contributed by atoms with van der Waals surface area (Å²) < 4.78 is 0. The van der Waals surface area contributed by atoms with Crippen molar-refractivity contribution in [2.75, 3.05) is 6.54 Å². The molecule has 5 N–H and O–H groups in total.